The van der Waals surface area contributed by atoms with Crippen molar-refractivity contribution in [3.63, 3.8) is 0 Å². The maximum Gasteiger partial charge on any atom is 0.356 e. The SMILES string of the molecule is COC12CCC(C(=O)Nc3ccc(-n4ccc(C(=O)O)n4)c(F)c3)(CC1)C2. The third kappa shape index (κ3) is 2.90. The monoisotopic (exact) mass is 373 g/mol. The van der Waals surface area contributed by atoms with E-state index in [9.17, 15) is 14.0 Å². The number of nitrogens with one attached hydrogen (secondary N) is 1. The van der Waals surface area contributed by atoms with Gasteiger partial charge in [0.25, 0.3) is 0 Å². The van der Waals surface area contributed by atoms with Crippen molar-refractivity contribution >= 4 is 17.6 Å². The van der Waals surface area contributed by atoms with Crippen LogP contribution in [0.25, 0.3) is 5.69 Å². The predicted octanol–water partition coefficient (Wildman–Crippen LogP) is 3.00. The van der Waals surface area contributed by atoms with Gasteiger partial charge in [-0.2, -0.15) is 5.10 Å². The number of aromatic nitrogens is 2. The molecule has 2 aliphatic rings. The molecule has 7 nitrogen and oxygen atoms in total. The van der Waals surface area contributed by atoms with E-state index in [0.29, 0.717) is 12.1 Å². The zero-order chi connectivity index (χ0) is 19.2. The van der Waals surface area contributed by atoms with Crippen molar-refractivity contribution in [3.05, 3.63) is 42.0 Å². The summed E-state index contributed by atoms with van der Waals surface area (Å²) in [7, 11) is 1.69. The average molecular weight is 373 g/mol. The minimum atomic E-state index is -1.18. The molecule has 27 heavy (non-hydrogen) atoms. The summed E-state index contributed by atoms with van der Waals surface area (Å²) in [5.41, 5.74) is -0.324. The maximum atomic E-state index is 14.5. The number of fused-ring (bicyclic) bond motifs is 2. The van der Waals surface area contributed by atoms with Crippen molar-refractivity contribution in [2.45, 2.75) is 37.7 Å². The first-order chi connectivity index (χ1) is 12.9. The fourth-order valence-electron chi connectivity index (χ4n) is 4.34. The van der Waals surface area contributed by atoms with Gasteiger partial charge < -0.3 is 15.2 Å². The van der Waals surface area contributed by atoms with Crippen molar-refractivity contribution in [1.29, 1.82) is 0 Å². The molecule has 1 aromatic heterocycles. The maximum absolute atomic E-state index is 14.5. The van der Waals surface area contributed by atoms with Crippen LogP contribution in [-0.2, 0) is 9.53 Å². The first-order valence-corrected chi connectivity index (χ1v) is 8.82. The van der Waals surface area contributed by atoms with E-state index < -0.39 is 17.2 Å². The van der Waals surface area contributed by atoms with Crippen LogP contribution < -0.4 is 5.32 Å². The molecule has 2 aromatic rings. The number of hydrogen-bond acceptors (Lipinski definition) is 4. The van der Waals surface area contributed by atoms with Gasteiger partial charge in [-0.1, -0.05) is 0 Å². The molecule has 8 heteroatoms. The molecule has 0 atom stereocenters. The van der Waals surface area contributed by atoms with E-state index in [-0.39, 0.29) is 22.9 Å². The molecule has 0 radical (unpaired) electrons. The number of hydrogen-bond donors (Lipinski definition) is 2. The Morgan fingerprint density at radius 1 is 1.26 bits per heavy atom. The smallest absolute Gasteiger partial charge is 0.356 e. The van der Waals surface area contributed by atoms with Crippen molar-refractivity contribution < 1.29 is 23.8 Å². The van der Waals surface area contributed by atoms with Gasteiger partial charge in [-0.25, -0.2) is 13.9 Å². The van der Waals surface area contributed by atoms with Gasteiger partial charge in [-0.05, 0) is 56.4 Å². The Labute approximate surface area is 155 Å². The van der Waals surface area contributed by atoms with Gasteiger partial charge in [0.2, 0.25) is 5.91 Å². The van der Waals surface area contributed by atoms with Crippen LogP contribution in [0.2, 0.25) is 0 Å². The van der Waals surface area contributed by atoms with Crippen LogP contribution in [0.1, 0.15) is 42.6 Å². The first-order valence-electron chi connectivity index (χ1n) is 8.82. The van der Waals surface area contributed by atoms with Crippen LogP contribution in [0.15, 0.2) is 30.5 Å². The number of carboxylic acids is 1. The largest absolute Gasteiger partial charge is 0.476 e. The van der Waals surface area contributed by atoms with E-state index in [4.69, 9.17) is 9.84 Å². The molecule has 142 valence electrons. The third-order valence-electron chi connectivity index (χ3n) is 5.95. The summed E-state index contributed by atoms with van der Waals surface area (Å²) in [6.45, 7) is 0. The summed E-state index contributed by atoms with van der Waals surface area (Å²) >= 11 is 0. The highest BCUT2D eigenvalue weighted by Gasteiger charge is 2.58. The lowest BCUT2D eigenvalue weighted by Gasteiger charge is -2.26. The van der Waals surface area contributed by atoms with Crippen LogP contribution in [0, 0.1) is 11.2 Å². The Morgan fingerprint density at radius 3 is 2.56 bits per heavy atom. The molecule has 0 aliphatic heterocycles. The van der Waals surface area contributed by atoms with Crippen molar-refractivity contribution in [1.82, 2.24) is 9.78 Å². The number of methoxy groups -OCH3 is 1. The normalized spacial score (nSPS) is 26.3. The molecule has 2 saturated carbocycles. The van der Waals surface area contributed by atoms with Crippen LogP contribution in [0.5, 0.6) is 0 Å². The highest BCUT2D eigenvalue weighted by atomic mass is 19.1. The molecular formula is C19H20FN3O4. The van der Waals surface area contributed by atoms with E-state index in [1.807, 2.05) is 0 Å². The second kappa shape index (κ2) is 6.16. The molecule has 0 spiro atoms. The standard InChI is InChI=1S/C19H20FN3O4/c1-27-19-7-5-18(11-19,6-8-19)17(26)21-12-2-3-15(13(20)10-12)23-9-4-14(22-23)16(24)25/h2-4,9-10H,5-8,11H2,1H3,(H,21,26)(H,24,25). The van der Waals surface area contributed by atoms with Gasteiger partial charge in [0.1, 0.15) is 5.69 Å². The number of halogens is 1. The summed E-state index contributed by atoms with van der Waals surface area (Å²) in [5.74, 6) is -1.88. The number of benzene rings is 1. The van der Waals surface area contributed by atoms with Gasteiger partial charge in [0.05, 0.1) is 11.0 Å². The summed E-state index contributed by atoms with van der Waals surface area (Å²) in [6, 6.07) is 5.56. The lowest BCUT2D eigenvalue weighted by molar-refractivity contribution is -0.125. The summed E-state index contributed by atoms with van der Waals surface area (Å²) in [5, 5.41) is 15.6. The van der Waals surface area contributed by atoms with Crippen LogP contribution >= 0.6 is 0 Å². The van der Waals surface area contributed by atoms with Gasteiger partial charge in [0, 0.05) is 19.0 Å². The fourth-order valence-corrected chi connectivity index (χ4v) is 4.34. The zero-order valence-electron chi connectivity index (χ0n) is 14.9. The van der Waals surface area contributed by atoms with Gasteiger partial charge in [0.15, 0.2) is 11.5 Å². The molecule has 1 aromatic carbocycles. The third-order valence-corrected chi connectivity index (χ3v) is 5.95. The minimum Gasteiger partial charge on any atom is -0.476 e. The molecular weight excluding hydrogens is 353 g/mol. The molecule has 1 amide bonds. The highest BCUT2D eigenvalue weighted by molar-refractivity contribution is 5.96. The fraction of sp³-hybridized carbons (Fsp3) is 0.421. The van der Waals surface area contributed by atoms with Gasteiger partial charge in [-0.3, -0.25) is 4.79 Å². The Balaban J connectivity index is 1.51. The number of amides is 1. The molecule has 2 aliphatic carbocycles. The van der Waals surface area contributed by atoms with E-state index in [0.717, 1.165) is 30.4 Å². The van der Waals surface area contributed by atoms with E-state index in [2.05, 4.69) is 10.4 Å². The number of carboxylic acid groups (broad SMARTS) is 1. The summed E-state index contributed by atoms with van der Waals surface area (Å²) in [6.07, 6.45) is 5.37. The van der Waals surface area contributed by atoms with E-state index >= 15 is 0 Å². The molecule has 2 bridgehead atoms. The average Bonchev–Trinajstić information content (AvgIpc) is 3.36. The van der Waals surface area contributed by atoms with Gasteiger partial charge in [-0.15, -0.1) is 0 Å². The Morgan fingerprint density at radius 2 is 2.00 bits per heavy atom. The second-order valence-corrected chi connectivity index (χ2v) is 7.42. The minimum absolute atomic E-state index is 0.0988. The van der Waals surface area contributed by atoms with E-state index in [1.165, 1.54) is 24.4 Å². The second-order valence-electron chi connectivity index (χ2n) is 7.42. The lowest BCUT2D eigenvalue weighted by Crippen LogP contribution is -2.32. The van der Waals surface area contributed by atoms with Gasteiger partial charge >= 0.3 is 5.97 Å². The quantitative estimate of drug-likeness (QED) is 0.840. The van der Waals surface area contributed by atoms with Crippen molar-refractivity contribution in [2.75, 3.05) is 12.4 Å². The number of aromatic carboxylic acids is 1. The Hall–Kier alpha value is -2.74. The van der Waals surface area contributed by atoms with Crippen LogP contribution in [-0.4, -0.2) is 39.5 Å². The van der Waals surface area contributed by atoms with E-state index in [1.54, 1.807) is 13.2 Å². The zero-order valence-corrected chi connectivity index (χ0v) is 14.9. The number of ether oxygens (including phenoxy) is 1. The predicted molar refractivity (Wildman–Crippen MR) is 94.4 cm³/mol. The highest BCUT2D eigenvalue weighted by Crippen LogP contribution is 2.58. The topological polar surface area (TPSA) is 93.5 Å². The molecule has 1 heterocycles. The van der Waals surface area contributed by atoms with Crippen molar-refractivity contribution in [2.24, 2.45) is 5.41 Å². The summed E-state index contributed by atoms with van der Waals surface area (Å²) < 4.78 is 21.3. The molecule has 4 rings (SSSR count). The van der Waals surface area contributed by atoms with Crippen molar-refractivity contribution in [3.8, 4) is 5.69 Å². The summed E-state index contributed by atoms with van der Waals surface area (Å²) in [4.78, 5) is 23.7. The number of carbonyl (C=O) groups excluding carboxylic acids is 1. The van der Waals surface area contributed by atoms with Crippen LogP contribution in [0.4, 0.5) is 10.1 Å². The number of anilines is 1. The Kier molecular flexibility index (Phi) is 4.03. The van der Waals surface area contributed by atoms with Crippen LogP contribution in [0.3, 0.4) is 0 Å². The molecule has 2 fully saturated rings. The molecule has 0 unspecified atom stereocenters. The number of carbonyl (C=O) groups is 2. The Bertz CT molecular complexity index is 915. The first kappa shape index (κ1) is 17.7. The number of rotatable bonds is 5. The molecule has 2 N–H and O–H groups in total. The lowest BCUT2D eigenvalue weighted by atomic mass is 9.83. The number of nitrogens with zero attached hydrogens (tertiary/aromatic N) is 2. The molecule has 0 saturated heterocycles.